The molecule has 1 atom stereocenters. The standard InChI is InChI=1S/C32H50NO3/c1-5-6-7-8-9-10-11-12-14-18-29-21-17-22-31(25-29)35-23-24-36-32(34)28(2)26-33(3,4)27-30-19-15-13-16-20-30/h13,15-17,19-22,25,28H,5-12,14,18,23-24,26-27H2,1-4H3/q+1. The van der Waals surface area contributed by atoms with Crippen LogP contribution < -0.4 is 4.74 Å². The van der Waals surface area contributed by atoms with Crippen LogP contribution in [0.4, 0.5) is 0 Å². The highest BCUT2D eigenvalue weighted by Gasteiger charge is 2.25. The highest BCUT2D eigenvalue weighted by atomic mass is 16.6. The highest BCUT2D eigenvalue weighted by molar-refractivity contribution is 5.72. The fourth-order valence-electron chi connectivity index (χ4n) is 4.83. The Labute approximate surface area is 220 Å². The first-order chi connectivity index (χ1) is 17.4. The molecular weight excluding hydrogens is 446 g/mol. The molecule has 0 spiro atoms. The van der Waals surface area contributed by atoms with Crippen LogP contribution >= 0.6 is 0 Å². The van der Waals surface area contributed by atoms with Crippen LogP contribution in [0.25, 0.3) is 0 Å². The average molecular weight is 497 g/mol. The fraction of sp³-hybridized carbons (Fsp3) is 0.594. The Morgan fingerprint density at radius 2 is 1.44 bits per heavy atom. The van der Waals surface area contributed by atoms with Crippen molar-refractivity contribution in [1.29, 1.82) is 0 Å². The second-order valence-electron chi connectivity index (χ2n) is 10.9. The van der Waals surface area contributed by atoms with Gasteiger partial charge in [0.25, 0.3) is 0 Å². The molecule has 36 heavy (non-hydrogen) atoms. The van der Waals surface area contributed by atoms with Crippen LogP contribution in [0.1, 0.15) is 82.8 Å². The number of benzene rings is 2. The van der Waals surface area contributed by atoms with Crippen LogP contribution in [0, 0.1) is 5.92 Å². The van der Waals surface area contributed by atoms with E-state index < -0.39 is 0 Å². The minimum atomic E-state index is -0.164. The average Bonchev–Trinajstić information content (AvgIpc) is 2.85. The highest BCUT2D eigenvalue weighted by Crippen LogP contribution is 2.17. The van der Waals surface area contributed by atoms with Crippen LogP contribution in [0.3, 0.4) is 0 Å². The molecule has 1 unspecified atom stereocenters. The summed E-state index contributed by atoms with van der Waals surface area (Å²) in [6, 6.07) is 18.7. The molecule has 4 nitrogen and oxygen atoms in total. The molecule has 0 amide bonds. The smallest absolute Gasteiger partial charge is 0.314 e. The van der Waals surface area contributed by atoms with Crippen LogP contribution in [0.2, 0.25) is 0 Å². The van der Waals surface area contributed by atoms with E-state index in [9.17, 15) is 4.79 Å². The van der Waals surface area contributed by atoms with Gasteiger partial charge in [0, 0.05) is 5.56 Å². The first-order valence-electron chi connectivity index (χ1n) is 14.1. The molecule has 0 heterocycles. The third-order valence-electron chi connectivity index (χ3n) is 6.69. The Bertz CT molecular complexity index is 849. The molecule has 0 saturated carbocycles. The van der Waals surface area contributed by atoms with Crippen molar-refractivity contribution in [3.8, 4) is 5.75 Å². The Hall–Kier alpha value is -2.33. The number of carbonyl (C=O) groups is 1. The number of esters is 1. The van der Waals surface area contributed by atoms with Crippen molar-refractivity contribution in [1.82, 2.24) is 0 Å². The third kappa shape index (κ3) is 13.1. The summed E-state index contributed by atoms with van der Waals surface area (Å²) >= 11 is 0. The van der Waals surface area contributed by atoms with Gasteiger partial charge < -0.3 is 14.0 Å². The molecule has 4 heteroatoms. The monoisotopic (exact) mass is 496 g/mol. The van der Waals surface area contributed by atoms with E-state index in [0.717, 1.165) is 29.7 Å². The van der Waals surface area contributed by atoms with Crippen molar-refractivity contribution >= 4 is 5.97 Å². The van der Waals surface area contributed by atoms with Gasteiger partial charge in [0.2, 0.25) is 0 Å². The first-order valence-corrected chi connectivity index (χ1v) is 14.1. The molecule has 0 aromatic heterocycles. The van der Waals surface area contributed by atoms with Gasteiger partial charge in [0.1, 0.15) is 31.4 Å². The zero-order chi connectivity index (χ0) is 26.1. The zero-order valence-corrected chi connectivity index (χ0v) is 23.3. The molecule has 0 radical (unpaired) electrons. The maximum Gasteiger partial charge on any atom is 0.314 e. The number of hydrogen-bond acceptors (Lipinski definition) is 3. The Morgan fingerprint density at radius 3 is 2.14 bits per heavy atom. The topological polar surface area (TPSA) is 35.5 Å². The molecule has 0 fully saturated rings. The molecule has 2 aromatic rings. The lowest BCUT2D eigenvalue weighted by Crippen LogP contribution is -2.44. The Kier molecular flexibility index (Phi) is 14.3. The molecule has 0 N–H and O–H groups in total. The maximum atomic E-state index is 12.5. The van der Waals surface area contributed by atoms with E-state index in [-0.39, 0.29) is 18.5 Å². The van der Waals surface area contributed by atoms with Gasteiger partial charge in [0.15, 0.2) is 0 Å². The predicted molar refractivity (Wildman–Crippen MR) is 150 cm³/mol. The van der Waals surface area contributed by atoms with Gasteiger partial charge in [-0.25, -0.2) is 0 Å². The van der Waals surface area contributed by atoms with E-state index in [1.807, 2.05) is 19.1 Å². The Balaban J connectivity index is 1.60. The SMILES string of the molecule is CCCCCCCCCCCc1cccc(OCCOC(=O)C(C)C[N+](C)(C)Cc2ccccc2)c1. The number of quaternary nitrogens is 1. The van der Waals surface area contributed by atoms with Crippen molar-refractivity contribution in [2.75, 3.05) is 33.9 Å². The third-order valence-corrected chi connectivity index (χ3v) is 6.69. The van der Waals surface area contributed by atoms with Crippen molar-refractivity contribution in [2.45, 2.75) is 84.6 Å². The summed E-state index contributed by atoms with van der Waals surface area (Å²) in [5.41, 5.74) is 2.59. The van der Waals surface area contributed by atoms with E-state index in [1.54, 1.807) is 0 Å². The molecule has 0 bridgehead atoms. The summed E-state index contributed by atoms with van der Waals surface area (Å²) in [5, 5.41) is 0. The van der Waals surface area contributed by atoms with Gasteiger partial charge in [-0.2, -0.15) is 0 Å². The molecule has 0 aliphatic carbocycles. The van der Waals surface area contributed by atoms with Crippen LogP contribution in [0.5, 0.6) is 5.75 Å². The first kappa shape index (κ1) is 29.9. The zero-order valence-electron chi connectivity index (χ0n) is 23.3. The van der Waals surface area contributed by atoms with Crippen molar-refractivity contribution in [3.63, 3.8) is 0 Å². The van der Waals surface area contributed by atoms with Crippen molar-refractivity contribution in [2.24, 2.45) is 5.92 Å². The summed E-state index contributed by atoms with van der Waals surface area (Å²) in [5.74, 6) is 0.536. The van der Waals surface area contributed by atoms with E-state index in [1.165, 1.54) is 68.9 Å². The van der Waals surface area contributed by atoms with E-state index in [2.05, 4.69) is 63.5 Å². The summed E-state index contributed by atoms with van der Waals surface area (Å²) in [7, 11) is 4.31. The van der Waals surface area contributed by atoms with Gasteiger partial charge >= 0.3 is 5.97 Å². The number of hydrogen-bond donors (Lipinski definition) is 0. The molecule has 2 rings (SSSR count). The Morgan fingerprint density at radius 1 is 0.806 bits per heavy atom. The number of aryl methyl sites for hydroxylation is 1. The summed E-state index contributed by atoms with van der Waals surface area (Å²) in [6.45, 7) is 6.49. The number of ether oxygens (including phenoxy) is 2. The molecule has 200 valence electrons. The summed E-state index contributed by atoms with van der Waals surface area (Å²) in [4.78, 5) is 12.5. The van der Waals surface area contributed by atoms with Crippen molar-refractivity contribution in [3.05, 3.63) is 65.7 Å². The predicted octanol–water partition coefficient (Wildman–Crippen LogP) is 7.59. The number of nitrogens with zero attached hydrogens (tertiary/aromatic N) is 1. The van der Waals surface area contributed by atoms with E-state index in [4.69, 9.17) is 9.47 Å². The lowest BCUT2D eigenvalue weighted by molar-refractivity contribution is -0.905. The normalized spacial score (nSPS) is 12.3. The van der Waals surface area contributed by atoms with Gasteiger partial charge in [-0.05, 0) is 37.5 Å². The number of unbranched alkanes of at least 4 members (excludes halogenated alkanes) is 8. The molecular formula is C32H50NO3+. The fourth-order valence-corrected chi connectivity index (χ4v) is 4.83. The van der Waals surface area contributed by atoms with Crippen molar-refractivity contribution < 1.29 is 18.8 Å². The van der Waals surface area contributed by atoms with Gasteiger partial charge in [-0.1, -0.05) is 101 Å². The van der Waals surface area contributed by atoms with Crippen LogP contribution in [-0.4, -0.2) is 44.3 Å². The van der Waals surface area contributed by atoms with E-state index in [0.29, 0.717) is 6.61 Å². The summed E-state index contributed by atoms with van der Waals surface area (Å²) < 4.78 is 12.1. The second kappa shape index (κ2) is 17.2. The minimum Gasteiger partial charge on any atom is -0.490 e. The number of rotatable bonds is 19. The van der Waals surface area contributed by atoms with Crippen LogP contribution in [0.15, 0.2) is 54.6 Å². The quantitative estimate of drug-likeness (QED) is 0.114. The second-order valence-corrected chi connectivity index (χ2v) is 10.9. The van der Waals surface area contributed by atoms with Gasteiger partial charge in [-0.3, -0.25) is 4.79 Å². The molecule has 2 aromatic carbocycles. The van der Waals surface area contributed by atoms with E-state index >= 15 is 0 Å². The van der Waals surface area contributed by atoms with Gasteiger partial charge in [0.05, 0.1) is 20.6 Å². The summed E-state index contributed by atoms with van der Waals surface area (Å²) in [6.07, 6.45) is 13.2. The molecule has 0 aliphatic rings. The van der Waals surface area contributed by atoms with Crippen LogP contribution in [-0.2, 0) is 22.5 Å². The minimum absolute atomic E-state index is 0.156. The molecule has 0 aliphatic heterocycles. The lowest BCUT2D eigenvalue weighted by atomic mass is 10.0. The molecule has 0 saturated heterocycles. The largest absolute Gasteiger partial charge is 0.490 e. The van der Waals surface area contributed by atoms with Gasteiger partial charge in [-0.15, -0.1) is 0 Å². The maximum absolute atomic E-state index is 12.5. The number of carbonyl (C=O) groups excluding carboxylic acids is 1. The lowest BCUT2D eigenvalue weighted by Gasteiger charge is -2.31.